The Morgan fingerprint density at radius 2 is 2.11 bits per heavy atom. The van der Waals surface area contributed by atoms with Gasteiger partial charge in [-0.25, -0.2) is 5.32 Å². The Morgan fingerprint density at radius 1 is 1.44 bits per heavy atom. The van der Waals surface area contributed by atoms with E-state index in [4.69, 9.17) is 0 Å². The van der Waals surface area contributed by atoms with E-state index in [1.54, 1.807) is 0 Å². The van der Waals surface area contributed by atoms with Crippen LogP contribution in [0.3, 0.4) is 0 Å². The fourth-order valence-electron chi connectivity index (χ4n) is 0.692. The molecule has 0 bridgehead atoms. The van der Waals surface area contributed by atoms with Crippen molar-refractivity contribution in [2.75, 3.05) is 13.1 Å². The molecule has 2 nitrogen and oxygen atoms in total. The standard InChI is InChI=1S/C7H17N2/c1-4-6-9-7(3)8-5-2/h7,9H,4-6H2,1-3H3. The lowest BCUT2D eigenvalue weighted by atomic mass is 10.4. The maximum Gasteiger partial charge on any atom is 0.0707 e. The zero-order valence-corrected chi connectivity index (χ0v) is 6.65. The van der Waals surface area contributed by atoms with Crippen LogP contribution in [-0.2, 0) is 0 Å². The summed E-state index contributed by atoms with van der Waals surface area (Å²) in [6, 6.07) is 0. The average Bonchev–Trinajstić information content (AvgIpc) is 1.85. The third kappa shape index (κ3) is 5.80. The zero-order valence-electron chi connectivity index (χ0n) is 6.65. The van der Waals surface area contributed by atoms with E-state index in [-0.39, 0.29) is 0 Å². The van der Waals surface area contributed by atoms with E-state index in [0.717, 1.165) is 13.1 Å². The minimum atomic E-state index is 0.343. The van der Waals surface area contributed by atoms with Crippen LogP contribution < -0.4 is 10.6 Å². The van der Waals surface area contributed by atoms with Gasteiger partial charge in [-0.1, -0.05) is 13.8 Å². The minimum absolute atomic E-state index is 0.343. The molecular formula is C7H17N2. The highest BCUT2D eigenvalue weighted by atomic mass is 15.1. The van der Waals surface area contributed by atoms with Gasteiger partial charge in [-0.3, -0.25) is 0 Å². The third-order valence-corrected chi connectivity index (χ3v) is 1.15. The Balaban J connectivity index is 2.95. The number of nitrogens with zero attached hydrogens (tertiary/aromatic N) is 1. The van der Waals surface area contributed by atoms with E-state index >= 15 is 0 Å². The maximum absolute atomic E-state index is 4.25. The van der Waals surface area contributed by atoms with Gasteiger partial charge in [0.1, 0.15) is 0 Å². The third-order valence-electron chi connectivity index (χ3n) is 1.15. The summed E-state index contributed by atoms with van der Waals surface area (Å²) in [5, 5.41) is 7.52. The first-order valence-electron chi connectivity index (χ1n) is 3.71. The van der Waals surface area contributed by atoms with Crippen molar-refractivity contribution in [3.05, 3.63) is 0 Å². The molecule has 1 radical (unpaired) electrons. The molecule has 2 heteroatoms. The molecule has 0 saturated carbocycles. The van der Waals surface area contributed by atoms with Crippen LogP contribution in [0.25, 0.3) is 0 Å². The Bertz CT molecular complexity index is 54.9. The van der Waals surface area contributed by atoms with Crippen molar-refractivity contribution in [3.63, 3.8) is 0 Å². The van der Waals surface area contributed by atoms with Crippen LogP contribution in [-0.4, -0.2) is 19.3 Å². The number of rotatable bonds is 5. The van der Waals surface area contributed by atoms with Gasteiger partial charge in [0.15, 0.2) is 0 Å². The summed E-state index contributed by atoms with van der Waals surface area (Å²) >= 11 is 0. The molecule has 0 saturated heterocycles. The highest BCUT2D eigenvalue weighted by molar-refractivity contribution is 4.53. The van der Waals surface area contributed by atoms with E-state index in [0.29, 0.717) is 6.17 Å². The first-order valence-corrected chi connectivity index (χ1v) is 3.71. The van der Waals surface area contributed by atoms with Crippen molar-refractivity contribution >= 4 is 0 Å². The molecule has 1 atom stereocenters. The molecule has 1 unspecified atom stereocenters. The molecule has 0 amide bonds. The van der Waals surface area contributed by atoms with Crippen LogP contribution in [0, 0.1) is 0 Å². The molecule has 9 heavy (non-hydrogen) atoms. The fraction of sp³-hybridized carbons (Fsp3) is 1.00. The highest BCUT2D eigenvalue weighted by Crippen LogP contribution is 1.77. The van der Waals surface area contributed by atoms with Crippen LogP contribution in [0.15, 0.2) is 0 Å². The molecule has 0 aromatic heterocycles. The molecule has 0 aliphatic heterocycles. The minimum Gasteiger partial charge on any atom is -0.301 e. The first kappa shape index (κ1) is 8.92. The van der Waals surface area contributed by atoms with Crippen molar-refractivity contribution in [2.24, 2.45) is 0 Å². The second-order valence-electron chi connectivity index (χ2n) is 2.13. The molecule has 0 aliphatic rings. The average molecular weight is 129 g/mol. The van der Waals surface area contributed by atoms with E-state index in [1.807, 2.05) is 0 Å². The van der Waals surface area contributed by atoms with Gasteiger partial charge in [0.25, 0.3) is 0 Å². The SMILES string of the molecule is CCCNC(C)[N]CC. The Labute approximate surface area is 58.0 Å². The summed E-state index contributed by atoms with van der Waals surface area (Å²) in [5.41, 5.74) is 0. The van der Waals surface area contributed by atoms with Gasteiger partial charge in [-0.2, -0.15) is 0 Å². The zero-order chi connectivity index (χ0) is 7.11. The van der Waals surface area contributed by atoms with E-state index in [2.05, 4.69) is 31.4 Å². The van der Waals surface area contributed by atoms with Gasteiger partial charge in [0.2, 0.25) is 0 Å². The summed E-state index contributed by atoms with van der Waals surface area (Å²) in [6.45, 7) is 8.29. The highest BCUT2D eigenvalue weighted by Gasteiger charge is 1.95. The lowest BCUT2D eigenvalue weighted by Gasteiger charge is -2.10. The normalized spacial score (nSPS) is 13.7. The second-order valence-corrected chi connectivity index (χ2v) is 2.13. The molecule has 0 aliphatic carbocycles. The summed E-state index contributed by atoms with van der Waals surface area (Å²) < 4.78 is 0. The van der Waals surface area contributed by atoms with Gasteiger partial charge >= 0.3 is 0 Å². The molecule has 0 spiro atoms. The molecule has 55 valence electrons. The quantitative estimate of drug-likeness (QED) is 0.588. The molecule has 0 aromatic carbocycles. The number of hydrogen-bond acceptors (Lipinski definition) is 1. The lowest BCUT2D eigenvalue weighted by molar-refractivity contribution is 0.457. The molecule has 0 rings (SSSR count). The van der Waals surface area contributed by atoms with Crippen LogP contribution >= 0.6 is 0 Å². The van der Waals surface area contributed by atoms with Gasteiger partial charge in [-0.05, 0) is 19.9 Å². The van der Waals surface area contributed by atoms with E-state index in [9.17, 15) is 0 Å². The van der Waals surface area contributed by atoms with Gasteiger partial charge < -0.3 is 5.32 Å². The molecule has 0 heterocycles. The van der Waals surface area contributed by atoms with Gasteiger partial charge in [-0.15, -0.1) is 0 Å². The van der Waals surface area contributed by atoms with Crippen molar-refractivity contribution in [3.8, 4) is 0 Å². The Kier molecular flexibility index (Phi) is 5.99. The molecule has 0 aromatic rings. The number of hydrogen-bond donors (Lipinski definition) is 1. The van der Waals surface area contributed by atoms with Crippen LogP contribution in [0.2, 0.25) is 0 Å². The van der Waals surface area contributed by atoms with Crippen molar-refractivity contribution in [2.45, 2.75) is 33.4 Å². The number of nitrogens with one attached hydrogen (secondary N) is 1. The fourth-order valence-corrected chi connectivity index (χ4v) is 0.692. The Morgan fingerprint density at radius 3 is 2.56 bits per heavy atom. The molecule has 0 fully saturated rings. The molecular weight excluding hydrogens is 112 g/mol. The smallest absolute Gasteiger partial charge is 0.0707 e. The topological polar surface area (TPSA) is 26.1 Å². The summed E-state index contributed by atoms with van der Waals surface area (Å²) in [6.07, 6.45) is 1.53. The maximum atomic E-state index is 4.25. The van der Waals surface area contributed by atoms with Gasteiger partial charge in [0.05, 0.1) is 6.17 Å². The van der Waals surface area contributed by atoms with E-state index < -0.39 is 0 Å². The monoisotopic (exact) mass is 129 g/mol. The summed E-state index contributed by atoms with van der Waals surface area (Å²) in [5.74, 6) is 0. The van der Waals surface area contributed by atoms with Crippen molar-refractivity contribution in [1.82, 2.24) is 10.6 Å². The summed E-state index contributed by atoms with van der Waals surface area (Å²) in [4.78, 5) is 0. The van der Waals surface area contributed by atoms with Crippen molar-refractivity contribution < 1.29 is 0 Å². The van der Waals surface area contributed by atoms with Crippen LogP contribution in [0.5, 0.6) is 0 Å². The lowest BCUT2D eigenvalue weighted by Crippen LogP contribution is -2.35. The predicted molar refractivity (Wildman–Crippen MR) is 40.4 cm³/mol. The van der Waals surface area contributed by atoms with Crippen LogP contribution in [0.1, 0.15) is 27.2 Å². The van der Waals surface area contributed by atoms with Gasteiger partial charge in [0, 0.05) is 6.54 Å². The largest absolute Gasteiger partial charge is 0.301 e. The van der Waals surface area contributed by atoms with E-state index in [1.165, 1.54) is 6.42 Å². The predicted octanol–water partition coefficient (Wildman–Crippen LogP) is 0.956. The first-order chi connectivity index (χ1) is 4.31. The second kappa shape index (κ2) is 6.05. The molecule has 1 N–H and O–H groups in total. The Hall–Kier alpha value is -0.0800. The van der Waals surface area contributed by atoms with Crippen LogP contribution in [0.4, 0.5) is 0 Å². The van der Waals surface area contributed by atoms with Crippen molar-refractivity contribution in [1.29, 1.82) is 0 Å². The summed E-state index contributed by atoms with van der Waals surface area (Å²) in [7, 11) is 0.